The summed E-state index contributed by atoms with van der Waals surface area (Å²) in [4.78, 5) is 8.50. The van der Waals surface area contributed by atoms with Gasteiger partial charge in [-0.2, -0.15) is 5.26 Å². The third-order valence-corrected chi connectivity index (χ3v) is 7.98. The van der Waals surface area contributed by atoms with Gasteiger partial charge in [0.1, 0.15) is 23.1 Å². The van der Waals surface area contributed by atoms with Gasteiger partial charge < -0.3 is 10.6 Å². The molecule has 0 aliphatic heterocycles. The topological polar surface area (TPSA) is 104 Å². The first-order valence-electron chi connectivity index (χ1n) is 13.8. The van der Waals surface area contributed by atoms with E-state index < -0.39 is 23.8 Å². The molecular formula is C31H28ClF3N8. The lowest BCUT2D eigenvalue weighted by Crippen LogP contribution is -2.26. The number of anilines is 2. The van der Waals surface area contributed by atoms with E-state index in [9.17, 15) is 18.4 Å². The molecule has 0 spiro atoms. The van der Waals surface area contributed by atoms with E-state index in [1.54, 1.807) is 24.4 Å². The van der Waals surface area contributed by atoms with Crippen LogP contribution >= 0.6 is 11.6 Å². The molecule has 5 aromatic rings. The fraction of sp³-hybridized carbons (Fsp3) is 0.323. The number of aromatic nitrogens is 5. The van der Waals surface area contributed by atoms with Crippen molar-refractivity contribution < 1.29 is 13.2 Å². The lowest BCUT2D eigenvalue weighted by atomic mass is 9.96. The van der Waals surface area contributed by atoms with Gasteiger partial charge in [-0.1, -0.05) is 43.7 Å². The summed E-state index contributed by atoms with van der Waals surface area (Å²) in [6.45, 7) is 6.82. The number of fused-ring (bicyclic) bond motifs is 2. The zero-order valence-electron chi connectivity index (χ0n) is 23.7. The second-order valence-electron chi connectivity index (χ2n) is 12.1. The van der Waals surface area contributed by atoms with E-state index in [2.05, 4.69) is 57.8 Å². The predicted octanol–water partition coefficient (Wildman–Crippen LogP) is 7.45. The molecule has 2 aromatic carbocycles. The number of halogens is 4. The first-order chi connectivity index (χ1) is 20.5. The Balaban J connectivity index is 1.50. The summed E-state index contributed by atoms with van der Waals surface area (Å²) in [6, 6.07) is 9.65. The van der Waals surface area contributed by atoms with Gasteiger partial charge in [0.15, 0.2) is 0 Å². The van der Waals surface area contributed by atoms with Crippen LogP contribution in [0.4, 0.5) is 24.5 Å². The van der Waals surface area contributed by atoms with Crippen molar-refractivity contribution in [3.8, 4) is 6.07 Å². The number of benzene rings is 2. The van der Waals surface area contributed by atoms with E-state index in [-0.39, 0.29) is 5.41 Å². The van der Waals surface area contributed by atoms with Crippen molar-refractivity contribution in [3.63, 3.8) is 0 Å². The predicted molar refractivity (Wildman–Crippen MR) is 160 cm³/mol. The molecule has 3 aromatic heterocycles. The molecule has 1 atom stereocenters. The van der Waals surface area contributed by atoms with Crippen molar-refractivity contribution in [3.05, 3.63) is 82.8 Å². The summed E-state index contributed by atoms with van der Waals surface area (Å²) < 4.78 is 43.9. The van der Waals surface area contributed by atoms with Crippen LogP contribution in [0.5, 0.6) is 0 Å². The highest BCUT2D eigenvalue weighted by Crippen LogP contribution is 2.48. The fourth-order valence-corrected chi connectivity index (χ4v) is 5.45. The Bertz CT molecular complexity index is 1890. The van der Waals surface area contributed by atoms with Gasteiger partial charge in [0.25, 0.3) is 6.43 Å². The first-order valence-corrected chi connectivity index (χ1v) is 14.1. The summed E-state index contributed by atoms with van der Waals surface area (Å²) in [5, 5.41) is 26.9. The third-order valence-electron chi connectivity index (χ3n) is 7.69. The van der Waals surface area contributed by atoms with Crippen molar-refractivity contribution >= 4 is 44.7 Å². The second-order valence-corrected chi connectivity index (χ2v) is 12.5. The maximum Gasteiger partial charge on any atom is 0.263 e. The minimum atomic E-state index is -2.59. The summed E-state index contributed by atoms with van der Waals surface area (Å²) in [5.41, 5.74) is 1.58. The van der Waals surface area contributed by atoms with E-state index in [4.69, 9.17) is 11.6 Å². The molecule has 0 saturated heterocycles. The Labute approximate surface area is 250 Å². The molecule has 0 bridgehead atoms. The molecule has 0 unspecified atom stereocenters. The minimum absolute atomic E-state index is 0.0749. The van der Waals surface area contributed by atoms with Crippen LogP contribution in [0.3, 0.4) is 0 Å². The van der Waals surface area contributed by atoms with Crippen LogP contribution in [-0.2, 0) is 5.54 Å². The fourth-order valence-electron chi connectivity index (χ4n) is 5.18. The molecule has 220 valence electrons. The number of nitriles is 1. The van der Waals surface area contributed by atoms with E-state index in [1.807, 2.05) is 6.07 Å². The minimum Gasteiger partial charge on any atom is -0.383 e. The van der Waals surface area contributed by atoms with Gasteiger partial charge in [-0.05, 0) is 53.5 Å². The number of nitrogens with zero attached hydrogens (tertiary/aromatic N) is 6. The summed E-state index contributed by atoms with van der Waals surface area (Å²) >= 11 is 6.73. The van der Waals surface area contributed by atoms with Gasteiger partial charge in [0.05, 0.1) is 34.0 Å². The lowest BCUT2D eigenvalue weighted by molar-refractivity contribution is 0.0593. The first kappa shape index (κ1) is 28.7. The Kier molecular flexibility index (Phi) is 7.13. The average Bonchev–Trinajstić information content (AvgIpc) is 3.65. The quantitative estimate of drug-likeness (QED) is 0.189. The average molecular weight is 605 g/mol. The largest absolute Gasteiger partial charge is 0.383 e. The Morgan fingerprint density at radius 2 is 1.91 bits per heavy atom. The van der Waals surface area contributed by atoms with Crippen LogP contribution in [0.2, 0.25) is 5.02 Å². The van der Waals surface area contributed by atoms with Crippen molar-refractivity contribution in [2.75, 3.05) is 17.2 Å². The van der Waals surface area contributed by atoms with Crippen molar-refractivity contribution in [1.82, 2.24) is 25.0 Å². The van der Waals surface area contributed by atoms with Gasteiger partial charge in [0, 0.05) is 41.6 Å². The van der Waals surface area contributed by atoms with Crippen LogP contribution in [-0.4, -0.2) is 37.9 Å². The number of hydrogen-bond acceptors (Lipinski definition) is 7. The van der Waals surface area contributed by atoms with Crippen LogP contribution in [0.1, 0.15) is 56.5 Å². The molecule has 1 saturated carbocycles. The van der Waals surface area contributed by atoms with Crippen LogP contribution in [0.25, 0.3) is 21.7 Å². The molecule has 12 heteroatoms. The molecular weight excluding hydrogens is 577 g/mol. The Hall–Kier alpha value is -4.43. The standard InChI is InChI=1S/C31H28ClF3N8/c1-30(2,3)16-39-26-17(12-36)13-38-27-21(26)10-18(11-23(27)32)40-28(20-4-5-24(33)22-14-37-9-6-19(20)22)25-15-43(42-41-25)31(7-8-31)29(34)35/h4-6,9-11,13-15,28-29,40H,7-8,16H2,1-3H3,(H,38,39)/t28-/m0/s1. The summed E-state index contributed by atoms with van der Waals surface area (Å²) in [6.07, 6.45) is 4.01. The molecule has 1 fully saturated rings. The molecule has 43 heavy (non-hydrogen) atoms. The normalized spacial score (nSPS) is 15.0. The molecule has 6 rings (SSSR count). The monoisotopic (exact) mass is 604 g/mol. The van der Waals surface area contributed by atoms with Crippen LogP contribution < -0.4 is 10.6 Å². The Morgan fingerprint density at radius 1 is 1.12 bits per heavy atom. The van der Waals surface area contributed by atoms with E-state index >= 15 is 0 Å². The molecule has 1 aliphatic rings. The molecule has 0 radical (unpaired) electrons. The molecule has 1 aliphatic carbocycles. The molecule has 0 amide bonds. The van der Waals surface area contributed by atoms with Crippen molar-refractivity contribution in [2.45, 2.75) is 51.6 Å². The SMILES string of the molecule is CC(C)(C)CNc1c(C#N)cnc2c(Cl)cc(N[C@H](c3cn(C4(C(F)F)CC4)nn3)c3ccc(F)c4cnccc34)cc12. The second kappa shape index (κ2) is 10.7. The van der Waals surface area contributed by atoms with Crippen LogP contribution in [0, 0.1) is 22.6 Å². The maximum atomic E-state index is 14.8. The van der Waals surface area contributed by atoms with Gasteiger partial charge in [-0.3, -0.25) is 9.97 Å². The number of pyridine rings is 2. The molecule has 8 nitrogen and oxygen atoms in total. The van der Waals surface area contributed by atoms with Gasteiger partial charge in [-0.25, -0.2) is 17.9 Å². The third kappa shape index (κ3) is 5.31. The van der Waals surface area contributed by atoms with E-state index in [0.29, 0.717) is 74.3 Å². The zero-order valence-corrected chi connectivity index (χ0v) is 24.4. The number of nitrogens with one attached hydrogen (secondary N) is 2. The van der Waals surface area contributed by atoms with Gasteiger partial charge >= 0.3 is 0 Å². The highest BCUT2D eigenvalue weighted by Gasteiger charge is 2.54. The van der Waals surface area contributed by atoms with Gasteiger partial charge in [-0.15, -0.1) is 5.10 Å². The van der Waals surface area contributed by atoms with Gasteiger partial charge in [0.2, 0.25) is 0 Å². The summed E-state index contributed by atoms with van der Waals surface area (Å²) in [5.74, 6) is -0.442. The van der Waals surface area contributed by atoms with Crippen molar-refractivity contribution in [1.29, 1.82) is 5.26 Å². The number of rotatable bonds is 8. The van der Waals surface area contributed by atoms with E-state index in [0.717, 1.165) is 0 Å². The Morgan fingerprint density at radius 3 is 2.60 bits per heavy atom. The molecule has 3 heterocycles. The molecule has 2 N–H and O–H groups in total. The smallest absolute Gasteiger partial charge is 0.263 e. The van der Waals surface area contributed by atoms with Crippen LogP contribution in [0.15, 0.2) is 55.1 Å². The number of hydrogen-bond donors (Lipinski definition) is 2. The number of alkyl halides is 2. The zero-order chi connectivity index (χ0) is 30.5. The highest BCUT2D eigenvalue weighted by atomic mass is 35.5. The summed E-state index contributed by atoms with van der Waals surface area (Å²) in [7, 11) is 0. The van der Waals surface area contributed by atoms with E-state index in [1.165, 1.54) is 29.3 Å². The van der Waals surface area contributed by atoms with Crippen molar-refractivity contribution in [2.24, 2.45) is 5.41 Å². The lowest BCUT2D eigenvalue weighted by Gasteiger charge is -2.23. The maximum absolute atomic E-state index is 14.8. The highest BCUT2D eigenvalue weighted by molar-refractivity contribution is 6.35.